The number of carbonyl (C=O) groups excluding carboxylic acids is 1. The van der Waals surface area contributed by atoms with Crippen LogP contribution in [-0.4, -0.2) is 31.5 Å². The Morgan fingerprint density at radius 3 is 2.46 bits per heavy atom. The van der Waals surface area contributed by atoms with Gasteiger partial charge in [0.1, 0.15) is 5.52 Å². The number of nitrogens with one attached hydrogen (secondary N) is 2. The summed E-state index contributed by atoms with van der Waals surface area (Å²) in [6.45, 7) is 1.93. The predicted molar refractivity (Wildman–Crippen MR) is 136 cm³/mol. The maximum absolute atomic E-state index is 12.0. The van der Waals surface area contributed by atoms with E-state index in [4.69, 9.17) is 38.9 Å². The molecule has 0 radical (unpaired) electrons. The van der Waals surface area contributed by atoms with Crippen molar-refractivity contribution in [2.24, 2.45) is 11.1 Å². The van der Waals surface area contributed by atoms with Crippen LogP contribution >= 0.6 is 23.2 Å². The fourth-order valence-electron chi connectivity index (χ4n) is 4.74. The van der Waals surface area contributed by atoms with Crippen LogP contribution in [0.15, 0.2) is 18.3 Å². The van der Waals surface area contributed by atoms with Crippen molar-refractivity contribution in [1.82, 2.24) is 19.5 Å². The lowest BCUT2D eigenvalue weighted by molar-refractivity contribution is -0.128. The number of hydrogen-bond donors (Lipinski definition) is 3. The minimum Gasteiger partial charge on any atom is -0.369 e. The highest BCUT2D eigenvalue weighted by atomic mass is 35.5. The fraction of sp³-hybridized carbons (Fsp3) is 0.458. The number of aromatic nitrogens is 4. The monoisotopic (exact) mass is 512 g/mol. The van der Waals surface area contributed by atoms with Gasteiger partial charge in [0.15, 0.2) is 5.65 Å². The van der Waals surface area contributed by atoms with Crippen molar-refractivity contribution in [1.29, 1.82) is 5.26 Å². The molecule has 2 heterocycles. The lowest BCUT2D eigenvalue weighted by atomic mass is 9.73. The summed E-state index contributed by atoms with van der Waals surface area (Å²) in [6.07, 6.45) is 7.95. The van der Waals surface area contributed by atoms with Crippen LogP contribution in [0, 0.1) is 16.7 Å². The van der Waals surface area contributed by atoms with E-state index in [1.807, 2.05) is 6.92 Å². The zero-order chi connectivity index (χ0) is 24.7. The number of nitrogens with zero attached hydrogens (tertiary/aromatic N) is 5. The molecule has 0 atom stereocenters. The van der Waals surface area contributed by atoms with Gasteiger partial charge in [0.05, 0.1) is 33.6 Å². The van der Waals surface area contributed by atoms with Crippen LogP contribution in [0.5, 0.6) is 0 Å². The molecule has 0 saturated heterocycles. The van der Waals surface area contributed by atoms with Gasteiger partial charge in [0, 0.05) is 17.5 Å². The highest BCUT2D eigenvalue weighted by molar-refractivity contribution is 6.39. The number of hydrogen-bond acceptors (Lipinski definition) is 7. The SMILES string of the molecule is C[C@]1(C(N)=O)CC[C@@H](n2c(Nc3c(Cl)cc(C#N)cc3Cl)nc3cnc(NC4CCC4)nc32)CC1. The molecule has 2 fully saturated rings. The molecule has 0 bridgehead atoms. The van der Waals surface area contributed by atoms with E-state index in [1.54, 1.807) is 18.3 Å². The third-order valence-electron chi connectivity index (χ3n) is 7.30. The number of fused-ring (bicyclic) bond motifs is 1. The Kier molecular flexibility index (Phi) is 6.20. The second kappa shape index (κ2) is 9.17. The van der Waals surface area contributed by atoms with E-state index in [-0.39, 0.29) is 11.9 Å². The Morgan fingerprint density at radius 2 is 1.89 bits per heavy atom. The minimum absolute atomic E-state index is 0.0392. The summed E-state index contributed by atoms with van der Waals surface area (Å²) in [7, 11) is 0. The van der Waals surface area contributed by atoms with Crippen LogP contribution in [0.3, 0.4) is 0 Å². The van der Waals surface area contributed by atoms with E-state index in [1.165, 1.54) is 6.42 Å². The number of carbonyl (C=O) groups is 1. The molecule has 2 aromatic heterocycles. The summed E-state index contributed by atoms with van der Waals surface area (Å²) in [4.78, 5) is 26.0. The van der Waals surface area contributed by atoms with E-state index < -0.39 is 5.41 Å². The van der Waals surface area contributed by atoms with Crippen LogP contribution in [0.2, 0.25) is 10.0 Å². The first-order valence-electron chi connectivity index (χ1n) is 11.7. The van der Waals surface area contributed by atoms with Crippen molar-refractivity contribution in [2.45, 2.75) is 64.0 Å². The van der Waals surface area contributed by atoms with Crippen molar-refractivity contribution in [2.75, 3.05) is 10.6 Å². The summed E-state index contributed by atoms with van der Waals surface area (Å²) in [5.41, 5.74) is 7.31. The molecule has 1 aromatic carbocycles. The van der Waals surface area contributed by atoms with Gasteiger partial charge in [-0.15, -0.1) is 0 Å². The van der Waals surface area contributed by atoms with Crippen LogP contribution in [0.4, 0.5) is 17.6 Å². The van der Waals surface area contributed by atoms with Crippen LogP contribution in [-0.2, 0) is 4.79 Å². The fourth-order valence-corrected chi connectivity index (χ4v) is 5.32. The average Bonchev–Trinajstić information content (AvgIpc) is 3.16. The van der Waals surface area contributed by atoms with Gasteiger partial charge in [-0.25, -0.2) is 9.97 Å². The number of nitriles is 1. The molecular formula is C24H26Cl2N8O. The molecule has 3 aromatic rings. The highest BCUT2D eigenvalue weighted by Crippen LogP contribution is 2.43. The zero-order valence-electron chi connectivity index (χ0n) is 19.3. The normalized spacial score (nSPS) is 22.4. The first kappa shape index (κ1) is 23.6. The number of anilines is 3. The number of amides is 1. The summed E-state index contributed by atoms with van der Waals surface area (Å²) in [6, 6.07) is 5.60. The smallest absolute Gasteiger partial charge is 0.224 e. The Hall–Kier alpha value is -3.09. The van der Waals surface area contributed by atoms with E-state index in [0.29, 0.717) is 63.2 Å². The topological polar surface area (TPSA) is 135 Å². The third kappa shape index (κ3) is 4.48. The molecule has 0 unspecified atom stereocenters. The van der Waals surface area contributed by atoms with Crippen molar-refractivity contribution in [3.05, 3.63) is 33.9 Å². The largest absolute Gasteiger partial charge is 0.369 e. The number of nitrogens with two attached hydrogens (primary N) is 1. The van der Waals surface area contributed by atoms with Gasteiger partial charge >= 0.3 is 0 Å². The van der Waals surface area contributed by atoms with Crippen molar-refractivity contribution in [3.8, 4) is 6.07 Å². The van der Waals surface area contributed by atoms with Gasteiger partial charge in [-0.05, 0) is 57.1 Å². The number of imidazole rings is 1. The molecule has 2 aliphatic rings. The molecular weight excluding hydrogens is 487 g/mol. The Labute approximate surface area is 213 Å². The molecule has 35 heavy (non-hydrogen) atoms. The third-order valence-corrected chi connectivity index (χ3v) is 7.89. The summed E-state index contributed by atoms with van der Waals surface area (Å²) in [5, 5.41) is 16.5. The molecule has 1 amide bonds. The quantitative estimate of drug-likeness (QED) is 0.406. The van der Waals surface area contributed by atoms with Crippen molar-refractivity contribution >= 4 is 57.9 Å². The molecule has 11 heteroatoms. The van der Waals surface area contributed by atoms with Gasteiger partial charge in [-0.1, -0.05) is 30.1 Å². The number of benzene rings is 1. The summed E-state index contributed by atoms with van der Waals surface area (Å²) in [5.74, 6) is 0.827. The summed E-state index contributed by atoms with van der Waals surface area (Å²) >= 11 is 12.9. The van der Waals surface area contributed by atoms with Gasteiger partial charge < -0.3 is 16.4 Å². The highest BCUT2D eigenvalue weighted by Gasteiger charge is 2.37. The second-order valence-electron chi connectivity index (χ2n) is 9.69. The maximum Gasteiger partial charge on any atom is 0.224 e. The summed E-state index contributed by atoms with van der Waals surface area (Å²) < 4.78 is 2.05. The maximum atomic E-state index is 12.0. The lowest BCUT2D eigenvalue weighted by Gasteiger charge is -2.35. The van der Waals surface area contributed by atoms with Crippen LogP contribution in [0.1, 0.15) is 63.5 Å². The van der Waals surface area contributed by atoms with Gasteiger partial charge in [-0.2, -0.15) is 10.2 Å². The predicted octanol–water partition coefficient (Wildman–Crippen LogP) is 5.32. The Morgan fingerprint density at radius 1 is 1.20 bits per heavy atom. The molecule has 0 aliphatic heterocycles. The number of primary amides is 1. The van der Waals surface area contributed by atoms with E-state index in [0.717, 1.165) is 25.7 Å². The van der Waals surface area contributed by atoms with E-state index >= 15 is 0 Å². The number of rotatable bonds is 6. The first-order chi connectivity index (χ1) is 16.8. The minimum atomic E-state index is -0.522. The lowest BCUT2D eigenvalue weighted by Crippen LogP contribution is -2.38. The van der Waals surface area contributed by atoms with Crippen LogP contribution in [0.25, 0.3) is 11.2 Å². The van der Waals surface area contributed by atoms with Gasteiger partial charge in [-0.3, -0.25) is 9.36 Å². The first-order valence-corrected chi connectivity index (χ1v) is 12.5. The zero-order valence-corrected chi connectivity index (χ0v) is 20.8. The molecule has 0 spiro atoms. The molecule has 2 saturated carbocycles. The average molecular weight is 513 g/mol. The van der Waals surface area contributed by atoms with E-state index in [2.05, 4.69) is 26.3 Å². The Bertz CT molecular complexity index is 1310. The van der Waals surface area contributed by atoms with Crippen molar-refractivity contribution < 1.29 is 4.79 Å². The van der Waals surface area contributed by atoms with Crippen LogP contribution < -0.4 is 16.4 Å². The van der Waals surface area contributed by atoms with E-state index in [9.17, 15) is 10.1 Å². The van der Waals surface area contributed by atoms with Gasteiger partial charge in [0.25, 0.3) is 0 Å². The molecule has 182 valence electrons. The standard InChI is InChI=1S/C24H26Cl2N8O/c1-24(21(28)35)7-5-15(6-8-24)34-20-18(12-29-22(33-20)30-14-3-2-4-14)31-23(34)32-19-16(25)9-13(11-27)10-17(19)26/h9-10,12,14-15H,2-8H2,1H3,(H2,28,35)(H,31,32)(H,29,30,33)/t15-,24+. The Balaban J connectivity index is 1.55. The molecule has 5 rings (SSSR count). The molecule has 2 aliphatic carbocycles. The molecule has 4 N–H and O–H groups in total. The van der Waals surface area contributed by atoms with Gasteiger partial charge in [0.2, 0.25) is 17.8 Å². The molecule has 9 nitrogen and oxygen atoms in total. The number of halogens is 2. The second-order valence-corrected chi connectivity index (χ2v) is 10.5. The van der Waals surface area contributed by atoms with Crippen molar-refractivity contribution in [3.63, 3.8) is 0 Å².